The highest BCUT2D eigenvalue weighted by Gasteiger charge is 2.53. The molecule has 2 fully saturated rings. The van der Waals surface area contributed by atoms with Crippen LogP contribution in [0, 0.1) is 5.92 Å². The summed E-state index contributed by atoms with van der Waals surface area (Å²) in [6.07, 6.45) is 7.89. The van der Waals surface area contributed by atoms with Crippen LogP contribution in [0.1, 0.15) is 53.6 Å². The molecule has 2 aromatic rings. The zero-order valence-electron chi connectivity index (χ0n) is 16.0. The predicted octanol–water partition coefficient (Wildman–Crippen LogP) is 5.31. The molecule has 3 aliphatic rings. The van der Waals surface area contributed by atoms with Crippen LogP contribution < -0.4 is 0 Å². The Labute approximate surface area is 166 Å². The van der Waals surface area contributed by atoms with E-state index in [9.17, 15) is 4.79 Å². The summed E-state index contributed by atoms with van der Waals surface area (Å²) in [6, 6.07) is 17.2. The monoisotopic (exact) mass is 377 g/mol. The lowest BCUT2D eigenvalue weighted by atomic mass is 9.52. The smallest absolute Gasteiger partial charge is 0.224 e. The number of likely N-dealkylation sites (N-methyl/N-ethyl adjacent to an activating group) is 1. The number of hydrogen-bond donors (Lipinski definition) is 0. The molecule has 5 rings (SSSR count). The van der Waals surface area contributed by atoms with E-state index in [0.717, 1.165) is 16.4 Å². The molecule has 0 unspecified atom stereocenters. The standard InChI is InChI=1S/C24H27NOS/c1-25-14-13-24-12-6-5-9-20(24)22(25)15-18-10-11-19(16-21(18)24)27-23(26)17-7-3-2-4-8-17/h2-4,7-8,10-11,16,20,22H,5-6,9,12-15H2,1H3/t20-,22+,24+/m0/s1. The average Bonchev–Trinajstić information content (AvgIpc) is 2.71. The number of rotatable bonds is 2. The SMILES string of the molecule is CN1CC[C@]23CCCC[C@H]2[C@H]1Cc1ccc(SC(=O)c2ccccc2)cc13. The van der Waals surface area contributed by atoms with E-state index in [-0.39, 0.29) is 5.12 Å². The highest BCUT2D eigenvalue weighted by molar-refractivity contribution is 8.14. The van der Waals surface area contributed by atoms with Crippen LogP contribution in [-0.2, 0) is 11.8 Å². The maximum absolute atomic E-state index is 12.7. The molecular weight excluding hydrogens is 350 g/mol. The van der Waals surface area contributed by atoms with Gasteiger partial charge in [-0.2, -0.15) is 0 Å². The summed E-state index contributed by atoms with van der Waals surface area (Å²) in [5.41, 5.74) is 4.24. The zero-order valence-corrected chi connectivity index (χ0v) is 16.8. The van der Waals surface area contributed by atoms with Crippen LogP contribution in [0.4, 0.5) is 0 Å². The highest BCUT2D eigenvalue weighted by Crippen LogP contribution is 2.55. The number of carbonyl (C=O) groups excluding carboxylic acids is 1. The normalized spacial score (nSPS) is 29.7. The number of benzene rings is 2. The van der Waals surface area contributed by atoms with E-state index in [1.807, 2.05) is 30.3 Å². The predicted molar refractivity (Wildman–Crippen MR) is 111 cm³/mol. The molecule has 2 aromatic carbocycles. The van der Waals surface area contributed by atoms with Crippen molar-refractivity contribution in [3.8, 4) is 0 Å². The molecule has 2 nitrogen and oxygen atoms in total. The number of thioether (sulfide) groups is 1. The van der Waals surface area contributed by atoms with Gasteiger partial charge in [-0.1, -0.05) is 49.2 Å². The zero-order chi connectivity index (χ0) is 18.4. The number of fused-ring (bicyclic) bond motifs is 1. The molecule has 2 bridgehead atoms. The average molecular weight is 378 g/mol. The van der Waals surface area contributed by atoms with Crippen molar-refractivity contribution in [1.82, 2.24) is 4.90 Å². The third kappa shape index (κ3) is 2.87. The Bertz CT molecular complexity index is 864. The van der Waals surface area contributed by atoms with Gasteiger partial charge in [0.1, 0.15) is 0 Å². The second-order valence-electron chi connectivity index (χ2n) is 8.58. The minimum atomic E-state index is 0.144. The van der Waals surface area contributed by atoms with Gasteiger partial charge < -0.3 is 4.90 Å². The number of piperidine rings is 1. The first-order chi connectivity index (χ1) is 13.2. The summed E-state index contributed by atoms with van der Waals surface area (Å²) in [5.74, 6) is 0.794. The largest absolute Gasteiger partial charge is 0.303 e. The van der Waals surface area contributed by atoms with Gasteiger partial charge in [0.05, 0.1) is 0 Å². The van der Waals surface area contributed by atoms with E-state index in [1.54, 1.807) is 5.56 Å². The molecule has 0 N–H and O–H groups in total. The van der Waals surface area contributed by atoms with Gasteiger partial charge in [0.25, 0.3) is 0 Å². The van der Waals surface area contributed by atoms with Gasteiger partial charge in [-0.15, -0.1) is 0 Å². The van der Waals surface area contributed by atoms with Crippen molar-refractivity contribution < 1.29 is 4.79 Å². The lowest BCUT2D eigenvalue weighted by molar-refractivity contribution is 0.00272. The molecule has 2 aliphatic carbocycles. The Morgan fingerprint density at radius 3 is 2.81 bits per heavy atom. The third-order valence-electron chi connectivity index (χ3n) is 7.31. The van der Waals surface area contributed by atoms with Gasteiger partial charge in [-0.3, -0.25) is 4.79 Å². The minimum absolute atomic E-state index is 0.144. The molecule has 1 saturated heterocycles. The molecular formula is C24H27NOS. The Kier molecular flexibility index (Phi) is 4.40. The van der Waals surface area contributed by atoms with Crippen LogP contribution in [0.2, 0.25) is 0 Å². The van der Waals surface area contributed by atoms with Crippen LogP contribution in [0.5, 0.6) is 0 Å². The molecule has 140 valence electrons. The van der Waals surface area contributed by atoms with Crippen molar-refractivity contribution in [2.75, 3.05) is 13.6 Å². The van der Waals surface area contributed by atoms with Gasteiger partial charge in [0.15, 0.2) is 0 Å². The van der Waals surface area contributed by atoms with Gasteiger partial charge in [-0.05, 0) is 80.2 Å². The molecule has 3 atom stereocenters. The number of likely N-dealkylation sites (tertiary alicyclic amines) is 1. The third-order valence-corrected chi connectivity index (χ3v) is 8.22. The van der Waals surface area contributed by atoms with Crippen molar-refractivity contribution in [1.29, 1.82) is 0 Å². The molecule has 1 heterocycles. The Balaban J connectivity index is 1.50. The molecule has 1 saturated carbocycles. The fraction of sp³-hybridized carbons (Fsp3) is 0.458. The maximum atomic E-state index is 12.7. The quantitative estimate of drug-likeness (QED) is 0.662. The van der Waals surface area contributed by atoms with Crippen LogP contribution in [0.15, 0.2) is 53.4 Å². The van der Waals surface area contributed by atoms with E-state index < -0.39 is 0 Å². The lowest BCUT2D eigenvalue weighted by Crippen LogP contribution is -2.59. The summed E-state index contributed by atoms with van der Waals surface area (Å²) in [6.45, 7) is 1.21. The van der Waals surface area contributed by atoms with Crippen LogP contribution >= 0.6 is 11.8 Å². The molecule has 0 aromatic heterocycles. The van der Waals surface area contributed by atoms with E-state index in [0.29, 0.717) is 11.5 Å². The van der Waals surface area contributed by atoms with E-state index >= 15 is 0 Å². The summed E-state index contributed by atoms with van der Waals surface area (Å²) >= 11 is 1.39. The number of nitrogens with zero attached hydrogens (tertiary/aromatic N) is 1. The topological polar surface area (TPSA) is 20.3 Å². The highest BCUT2D eigenvalue weighted by atomic mass is 32.2. The number of carbonyl (C=O) groups is 1. The van der Waals surface area contributed by atoms with Crippen molar-refractivity contribution >= 4 is 16.9 Å². The Morgan fingerprint density at radius 2 is 1.96 bits per heavy atom. The summed E-state index contributed by atoms with van der Waals surface area (Å²) in [4.78, 5) is 16.4. The van der Waals surface area contributed by atoms with Crippen molar-refractivity contribution in [2.45, 2.75) is 54.9 Å². The van der Waals surface area contributed by atoms with Crippen LogP contribution in [0.3, 0.4) is 0 Å². The Hall–Kier alpha value is -1.58. The van der Waals surface area contributed by atoms with E-state index in [4.69, 9.17) is 0 Å². The lowest BCUT2D eigenvalue weighted by Gasteiger charge is -2.58. The first kappa shape index (κ1) is 17.5. The minimum Gasteiger partial charge on any atom is -0.303 e. The van der Waals surface area contributed by atoms with Crippen molar-refractivity contribution in [2.24, 2.45) is 5.92 Å². The second kappa shape index (κ2) is 6.79. The van der Waals surface area contributed by atoms with E-state index in [1.165, 1.54) is 62.4 Å². The first-order valence-electron chi connectivity index (χ1n) is 10.3. The Morgan fingerprint density at radius 1 is 1.11 bits per heavy atom. The summed E-state index contributed by atoms with van der Waals surface area (Å²) in [5, 5.41) is 0.144. The van der Waals surface area contributed by atoms with E-state index in [2.05, 4.69) is 30.1 Å². The van der Waals surface area contributed by atoms with Crippen molar-refractivity contribution in [3.05, 3.63) is 65.2 Å². The summed E-state index contributed by atoms with van der Waals surface area (Å²) in [7, 11) is 2.32. The van der Waals surface area contributed by atoms with Gasteiger partial charge in [0.2, 0.25) is 5.12 Å². The molecule has 0 spiro atoms. The molecule has 0 amide bonds. The van der Waals surface area contributed by atoms with Crippen LogP contribution in [0.25, 0.3) is 0 Å². The van der Waals surface area contributed by atoms with Crippen molar-refractivity contribution in [3.63, 3.8) is 0 Å². The van der Waals surface area contributed by atoms with Gasteiger partial charge >= 0.3 is 0 Å². The van der Waals surface area contributed by atoms with Gasteiger partial charge in [-0.25, -0.2) is 0 Å². The molecule has 1 aliphatic heterocycles. The fourth-order valence-electron chi connectivity index (χ4n) is 5.98. The van der Waals surface area contributed by atoms with Gasteiger partial charge in [0, 0.05) is 21.9 Å². The van der Waals surface area contributed by atoms with Crippen LogP contribution in [-0.4, -0.2) is 29.6 Å². The fourth-order valence-corrected chi connectivity index (χ4v) is 6.76. The molecule has 3 heteroatoms. The number of hydrogen-bond acceptors (Lipinski definition) is 3. The maximum Gasteiger partial charge on any atom is 0.224 e. The first-order valence-corrected chi connectivity index (χ1v) is 11.1. The molecule has 0 radical (unpaired) electrons. The summed E-state index contributed by atoms with van der Waals surface area (Å²) < 4.78 is 0. The molecule has 27 heavy (non-hydrogen) atoms. The second-order valence-corrected chi connectivity index (χ2v) is 9.63.